The van der Waals surface area contributed by atoms with E-state index in [1.165, 1.54) is 11.3 Å². The summed E-state index contributed by atoms with van der Waals surface area (Å²) < 4.78 is 0. The summed E-state index contributed by atoms with van der Waals surface area (Å²) in [5, 5.41) is 10.4. The number of hydrogen-bond acceptors (Lipinski definition) is 5. The molecule has 19 heavy (non-hydrogen) atoms. The molecule has 1 atom stereocenters. The van der Waals surface area contributed by atoms with E-state index in [1.54, 1.807) is 12.3 Å². The second-order valence-electron chi connectivity index (χ2n) is 4.92. The zero-order valence-electron chi connectivity index (χ0n) is 10.3. The molecule has 0 aromatic carbocycles. The van der Waals surface area contributed by atoms with Gasteiger partial charge in [-0.25, -0.2) is 4.98 Å². The lowest BCUT2D eigenvalue weighted by Gasteiger charge is -2.14. The molecule has 1 saturated carbocycles. The number of aliphatic hydroxyl groups is 1. The number of pyridine rings is 1. The Morgan fingerprint density at radius 1 is 1.58 bits per heavy atom. The summed E-state index contributed by atoms with van der Waals surface area (Å²) in [6.07, 6.45) is 3.76. The van der Waals surface area contributed by atoms with E-state index < -0.39 is 5.91 Å². The molecular weight excluding hydrogens is 262 g/mol. The van der Waals surface area contributed by atoms with Gasteiger partial charge in [0.2, 0.25) is 0 Å². The van der Waals surface area contributed by atoms with Crippen molar-refractivity contribution in [3.8, 4) is 0 Å². The smallest absolute Gasteiger partial charge is 0.259 e. The number of rotatable bonds is 4. The molecular formula is C13H15N3O2S. The van der Waals surface area contributed by atoms with Crippen LogP contribution in [0.3, 0.4) is 0 Å². The van der Waals surface area contributed by atoms with E-state index in [4.69, 9.17) is 11.5 Å². The summed E-state index contributed by atoms with van der Waals surface area (Å²) in [5.74, 6) is -0.125. The van der Waals surface area contributed by atoms with E-state index in [2.05, 4.69) is 4.98 Å². The van der Waals surface area contributed by atoms with Gasteiger partial charge in [-0.15, -0.1) is 11.3 Å². The maximum Gasteiger partial charge on any atom is 0.259 e. The zero-order valence-corrected chi connectivity index (χ0v) is 11.1. The lowest BCUT2D eigenvalue weighted by atomic mass is 9.92. The van der Waals surface area contributed by atoms with Gasteiger partial charge in [-0.2, -0.15) is 0 Å². The van der Waals surface area contributed by atoms with Crippen LogP contribution in [-0.2, 0) is 0 Å². The minimum absolute atomic E-state index is 0.00507. The van der Waals surface area contributed by atoms with Crippen molar-refractivity contribution in [1.29, 1.82) is 0 Å². The highest BCUT2D eigenvalue weighted by Gasteiger charge is 2.36. The third-order valence-electron chi connectivity index (χ3n) is 3.64. The fourth-order valence-corrected chi connectivity index (χ4v) is 3.68. The number of nitrogen functional groups attached to an aromatic ring is 1. The monoisotopic (exact) mass is 277 g/mol. The van der Waals surface area contributed by atoms with Gasteiger partial charge in [-0.05, 0) is 30.4 Å². The quantitative estimate of drug-likeness (QED) is 0.787. The van der Waals surface area contributed by atoms with Crippen molar-refractivity contribution in [2.24, 2.45) is 11.7 Å². The standard InChI is InChI=1S/C13H15N3O2S/c14-8-3-4-16-13-10(8)9(11(19-13)12(15)18)7(5-17)6-1-2-6/h3-4,6-7,17H,1-2,5H2,(H2,14,16)(H2,15,18). The van der Waals surface area contributed by atoms with Crippen molar-refractivity contribution in [2.45, 2.75) is 18.8 Å². The SMILES string of the molecule is NC(=O)c1sc2nccc(N)c2c1C(CO)C1CC1. The number of aromatic nitrogens is 1. The van der Waals surface area contributed by atoms with Crippen LogP contribution < -0.4 is 11.5 Å². The molecule has 5 nitrogen and oxygen atoms in total. The molecule has 0 spiro atoms. The van der Waals surface area contributed by atoms with Gasteiger partial charge in [0.25, 0.3) is 5.91 Å². The number of nitrogens with zero attached hydrogens (tertiary/aromatic N) is 1. The molecule has 1 aliphatic rings. The van der Waals surface area contributed by atoms with Crippen LogP contribution >= 0.6 is 11.3 Å². The summed E-state index contributed by atoms with van der Waals surface area (Å²) >= 11 is 1.26. The second kappa shape index (κ2) is 4.47. The van der Waals surface area contributed by atoms with Crippen LogP contribution in [0, 0.1) is 5.92 Å². The number of carbonyl (C=O) groups excluding carboxylic acids is 1. The fraction of sp³-hybridized carbons (Fsp3) is 0.385. The summed E-state index contributed by atoms with van der Waals surface area (Å²) in [6.45, 7) is 0.00507. The average Bonchev–Trinajstić information content (AvgIpc) is 3.12. The average molecular weight is 277 g/mol. The van der Waals surface area contributed by atoms with Crippen molar-refractivity contribution >= 4 is 33.1 Å². The first-order valence-electron chi connectivity index (χ1n) is 6.21. The van der Waals surface area contributed by atoms with Crippen LogP contribution in [0.1, 0.15) is 34.0 Å². The number of thiophene rings is 1. The molecule has 2 aromatic rings. The number of nitrogens with two attached hydrogens (primary N) is 2. The summed E-state index contributed by atoms with van der Waals surface area (Å²) in [7, 11) is 0. The van der Waals surface area contributed by atoms with Gasteiger partial charge in [0.05, 0.1) is 11.5 Å². The maximum atomic E-state index is 11.6. The Morgan fingerprint density at radius 2 is 2.32 bits per heavy atom. The zero-order chi connectivity index (χ0) is 13.6. The second-order valence-corrected chi connectivity index (χ2v) is 5.92. The highest BCUT2D eigenvalue weighted by molar-refractivity contribution is 7.20. The molecule has 0 aliphatic heterocycles. The van der Waals surface area contributed by atoms with Gasteiger partial charge >= 0.3 is 0 Å². The number of aliphatic hydroxyl groups excluding tert-OH is 1. The molecule has 0 saturated heterocycles. The molecule has 6 heteroatoms. The first-order valence-corrected chi connectivity index (χ1v) is 7.02. The van der Waals surface area contributed by atoms with Crippen molar-refractivity contribution in [3.05, 3.63) is 22.7 Å². The van der Waals surface area contributed by atoms with Gasteiger partial charge in [-0.1, -0.05) is 0 Å². The van der Waals surface area contributed by atoms with Gasteiger partial charge in [0.1, 0.15) is 4.83 Å². The normalized spacial score (nSPS) is 16.7. The van der Waals surface area contributed by atoms with Crippen LogP contribution in [0.2, 0.25) is 0 Å². The molecule has 0 radical (unpaired) electrons. The van der Waals surface area contributed by atoms with Crippen LogP contribution in [-0.4, -0.2) is 22.6 Å². The molecule has 1 aliphatic carbocycles. The molecule has 3 rings (SSSR count). The van der Waals surface area contributed by atoms with Gasteiger partial charge in [0, 0.05) is 23.2 Å². The fourth-order valence-electron chi connectivity index (χ4n) is 2.58. The largest absolute Gasteiger partial charge is 0.398 e. The van der Waals surface area contributed by atoms with E-state index in [0.717, 1.165) is 23.8 Å². The van der Waals surface area contributed by atoms with Gasteiger partial charge in [0.15, 0.2) is 0 Å². The van der Waals surface area contributed by atoms with Crippen molar-refractivity contribution < 1.29 is 9.90 Å². The van der Waals surface area contributed by atoms with Crippen LogP contribution in [0.15, 0.2) is 12.3 Å². The number of hydrogen-bond donors (Lipinski definition) is 3. The third-order valence-corrected chi connectivity index (χ3v) is 4.77. The van der Waals surface area contributed by atoms with E-state index in [1.807, 2.05) is 0 Å². The third kappa shape index (κ3) is 1.97. The van der Waals surface area contributed by atoms with E-state index >= 15 is 0 Å². The minimum atomic E-state index is -0.475. The first kappa shape index (κ1) is 12.4. The lowest BCUT2D eigenvalue weighted by molar-refractivity contribution is 0.100. The van der Waals surface area contributed by atoms with Gasteiger partial charge in [-0.3, -0.25) is 4.79 Å². The first-order chi connectivity index (χ1) is 9.13. The highest BCUT2D eigenvalue weighted by atomic mass is 32.1. The van der Waals surface area contributed by atoms with E-state index in [0.29, 0.717) is 21.3 Å². The number of primary amides is 1. The van der Waals surface area contributed by atoms with Crippen LogP contribution in [0.4, 0.5) is 5.69 Å². The Hall–Kier alpha value is -1.66. The predicted molar refractivity (Wildman–Crippen MR) is 75.1 cm³/mol. The van der Waals surface area contributed by atoms with Crippen molar-refractivity contribution in [3.63, 3.8) is 0 Å². The van der Waals surface area contributed by atoms with Crippen LogP contribution in [0.5, 0.6) is 0 Å². The number of anilines is 1. The minimum Gasteiger partial charge on any atom is -0.398 e. The Balaban J connectivity index is 2.29. The maximum absolute atomic E-state index is 11.6. The molecule has 2 heterocycles. The Bertz CT molecular complexity index is 649. The molecule has 5 N–H and O–H groups in total. The molecule has 1 fully saturated rings. The van der Waals surface area contributed by atoms with Crippen molar-refractivity contribution in [2.75, 3.05) is 12.3 Å². The lowest BCUT2D eigenvalue weighted by Crippen LogP contribution is -2.16. The number of carbonyl (C=O) groups is 1. The van der Waals surface area contributed by atoms with Crippen molar-refractivity contribution in [1.82, 2.24) is 4.98 Å². The highest BCUT2D eigenvalue weighted by Crippen LogP contribution is 2.48. The summed E-state index contributed by atoms with van der Waals surface area (Å²) in [4.78, 5) is 17.1. The summed E-state index contributed by atoms with van der Waals surface area (Å²) in [6, 6.07) is 1.71. The summed E-state index contributed by atoms with van der Waals surface area (Å²) in [5.41, 5.74) is 12.9. The molecule has 0 bridgehead atoms. The molecule has 1 unspecified atom stereocenters. The number of fused-ring (bicyclic) bond motifs is 1. The van der Waals surface area contributed by atoms with Crippen LogP contribution in [0.25, 0.3) is 10.2 Å². The Morgan fingerprint density at radius 3 is 2.89 bits per heavy atom. The topological polar surface area (TPSA) is 102 Å². The van der Waals surface area contributed by atoms with E-state index in [-0.39, 0.29) is 12.5 Å². The van der Waals surface area contributed by atoms with Gasteiger partial charge < -0.3 is 16.6 Å². The number of amides is 1. The Labute approximate surface area is 114 Å². The Kier molecular flexibility index (Phi) is 2.91. The molecule has 100 valence electrons. The molecule has 2 aromatic heterocycles. The van der Waals surface area contributed by atoms with E-state index in [9.17, 15) is 9.90 Å². The predicted octanol–water partition coefficient (Wildman–Crippen LogP) is 1.46. The molecule has 1 amide bonds.